The quantitative estimate of drug-likeness (QED) is 0.00719. The fraction of sp³-hybridized carbons (Fsp3) is 0.257. The molecule has 0 atom stereocenters. The fourth-order valence-electron chi connectivity index (χ4n) is 8.51. The zero-order chi connectivity index (χ0) is 69.4. The van der Waals surface area contributed by atoms with E-state index in [9.17, 15) is 43.2 Å². The predicted molar refractivity (Wildman–Crippen MR) is 368 cm³/mol. The van der Waals surface area contributed by atoms with Gasteiger partial charge in [-0.1, -0.05) is 87.7 Å². The van der Waals surface area contributed by atoms with Gasteiger partial charge in [-0.05, 0) is 152 Å². The average molecular weight is 1350 g/mol. The van der Waals surface area contributed by atoms with Gasteiger partial charge < -0.3 is 52.8 Å². The van der Waals surface area contributed by atoms with E-state index in [2.05, 4.69) is 55.9 Å². The van der Waals surface area contributed by atoms with Gasteiger partial charge in [-0.3, -0.25) is 9.59 Å². The molecule has 0 radical (unpaired) electrons. The van der Waals surface area contributed by atoms with Crippen LogP contribution in [0.15, 0.2) is 187 Å². The number of benzene rings is 6. The molecular weight excluding hydrogens is 1270 g/mol. The van der Waals surface area contributed by atoms with Gasteiger partial charge in [-0.15, -0.1) is 11.8 Å². The molecule has 0 aromatic heterocycles. The van der Waals surface area contributed by atoms with Crippen LogP contribution in [0.1, 0.15) is 114 Å². The first kappa shape index (κ1) is 74.6. The average Bonchev–Trinajstić information content (AvgIpc) is 0.835. The van der Waals surface area contributed by atoms with Crippen LogP contribution < -0.4 is 24.4 Å². The van der Waals surface area contributed by atoms with E-state index in [-0.39, 0.29) is 115 Å². The zero-order valence-corrected chi connectivity index (χ0v) is 55.6. The lowest BCUT2D eigenvalue weighted by atomic mass is 10.1. The summed E-state index contributed by atoms with van der Waals surface area (Å²) in [7, 11) is 3.38. The summed E-state index contributed by atoms with van der Waals surface area (Å²) in [5, 5.41) is 2.31. The Bertz CT molecular complexity index is 3800. The topological polar surface area (TPSA) is 252 Å². The second-order valence-corrected chi connectivity index (χ2v) is 23.5. The van der Waals surface area contributed by atoms with E-state index < -0.39 is 52.8 Å². The maximum atomic E-state index is 13.9. The van der Waals surface area contributed by atoms with Crippen molar-refractivity contribution < 1.29 is 85.8 Å². The molecule has 0 aliphatic carbocycles. The molecule has 1 N–H and O–H groups in total. The van der Waals surface area contributed by atoms with Crippen LogP contribution >= 0.6 is 23.5 Å². The molecule has 0 unspecified atom stereocenters. The first-order chi connectivity index (χ1) is 46.2. The molecule has 20 nitrogen and oxygen atoms in total. The van der Waals surface area contributed by atoms with Crippen LogP contribution in [-0.4, -0.2) is 126 Å². The molecule has 0 spiro atoms. The van der Waals surface area contributed by atoms with E-state index in [1.165, 1.54) is 73.3 Å². The van der Waals surface area contributed by atoms with E-state index in [0.717, 1.165) is 66.0 Å². The second kappa shape index (κ2) is 39.3. The SMILES string of the molecule is C=CC(=O)OCCCCCCSc1ccc(/C=C/c2ccc(SC(=O)c3ccc(OCCCOc4ccc(NC(=O)c5ccc(C(=O)Oc6ccc(CCOC(=O)C=C)cc6)c(N(C)C)c5)c(C(=O)OCCOC(=O)C(=C)C)c4)cc3C(=O)OCCOC(=O)C(=C)C)cc2)cc1. The van der Waals surface area contributed by atoms with Gasteiger partial charge >= 0.3 is 41.8 Å². The Hall–Kier alpha value is -10.5. The van der Waals surface area contributed by atoms with Gasteiger partial charge in [0, 0.05) is 71.2 Å². The fourth-order valence-corrected chi connectivity index (χ4v) is 10.2. The Balaban J connectivity index is 1.07. The van der Waals surface area contributed by atoms with Gasteiger partial charge in [0.05, 0.1) is 54.5 Å². The minimum absolute atomic E-state index is 0.0397. The molecule has 0 saturated heterocycles. The molecule has 6 aromatic carbocycles. The highest BCUT2D eigenvalue weighted by Gasteiger charge is 2.24. The highest BCUT2D eigenvalue weighted by molar-refractivity contribution is 8.14. The summed E-state index contributed by atoms with van der Waals surface area (Å²) in [6.45, 7) is 16.3. The van der Waals surface area contributed by atoms with Crippen LogP contribution in [0.3, 0.4) is 0 Å². The number of amides is 1. The highest BCUT2D eigenvalue weighted by atomic mass is 32.2. The summed E-state index contributed by atoms with van der Waals surface area (Å²) in [5.74, 6) is -3.65. The van der Waals surface area contributed by atoms with Crippen molar-refractivity contribution in [2.75, 3.05) is 82.9 Å². The number of unbranched alkanes of at least 4 members (excludes halogenated alkanes) is 3. The Kier molecular flexibility index (Phi) is 30.5. The first-order valence-electron chi connectivity index (χ1n) is 30.5. The van der Waals surface area contributed by atoms with Crippen LogP contribution in [0.4, 0.5) is 11.4 Å². The smallest absolute Gasteiger partial charge is 0.345 e. The molecule has 502 valence electrons. The van der Waals surface area contributed by atoms with Crippen molar-refractivity contribution in [2.45, 2.75) is 62.2 Å². The number of nitrogens with zero attached hydrogens (tertiary/aromatic N) is 1. The third-order valence-corrected chi connectivity index (χ3v) is 15.6. The summed E-state index contributed by atoms with van der Waals surface area (Å²) >= 11 is 2.72. The summed E-state index contributed by atoms with van der Waals surface area (Å²) < 4.78 is 48.8. The zero-order valence-electron chi connectivity index (χ0n) is 54.0. The maximum absolute atomic E-state index is 13.9. The molecular formula is C74H76N2O18S2. The molecule has 0 aliphatic rings. The molecule has 0 heterocycles. The Morgan fingerprint density at radius 1 is 0.479 bits per heavy atom. The van der Waals surface area contributed by atoms with Crippen LogP contribution in [0.25, 0.3) is 12.2 Å². The Labute approximate surface area is 566 Å². The predicted octanol–water partition coefficient (Wildman–Crippen LogP) is 13.4. The lowest BCUT2D eigenvalue weighted by Gasteiger charge is -2.18. The lowest BCUT2D eigenvalue weighted by Crippen LogP contribution is -2.20. The molecule has 0 bridgehead atoms. The number of thioether (sulfide) groups is 2. The summed E-state index contributed by atoms with van der Waals surface area (Å²) in [6, 6.07) is 35.5. The molecule has 6 aromatic rings. The number of hydrogen-bond acceptors (Lipinski definition) is 21. The Morgan fingerprint density at radius 2 is 1.00 bits per heavy atom. The number of nitrogens with one attached hydrogen (secondary N) is 1. The molecule has 1 amide bonds. The van der Waals surface area contributed by atoms with Gasteiger partial charge in [0.25, 0.3) is 5.91 Å². The van der Waals surface area contributed by atoms with Crippen molar-refractivity contribution >= 4 is 99.9 Å². The number of carbonyl (C=O) groups excluding carboxylic acids is 9. The number of hydrogen-bond donors (Lipinski definition) is 1. The van der Waals surface area contributed by atoms with E-state index in [0.29, 0.717) is 23.6 Å². The first-order valence-corrected chi connectivity index (χ1v) is 32.3. The molecule has 0 saturated carbocycles. The molecule has 0 aliphatic heterocycles. The van der Waals surface area contributed by atoms with Crippen LogP contribution in [0.2, 0.25) is 0 Å². The monoisotopic (exact) mass is 1340 g/mol. The van der Waals surface area contributed by atoms with Crippen LogP contribution in [0.5, 0.6) is 17.2 Å². The largest absolute Gasteiger partial charge is 0.493 e. The second-order valence-electron chi connectivity index (χ2n) is 21.3. The van der Waals surface area contributed by atoms with Gasteiger partial charge in [0.15, 0.2) is 0 Å². The number of anilines is 2. The summed E-state index contributed by atoms with van der Waals surface area (Å²) in [6.07, 6.45) is 10.9. The van der Waals surface area contributed by atoms with Crippen molar-refractivity contribution in [1.29, 1.82) is 0 Å². The number of esters is 7. The van der Waals surface area contributed by atoms with Crippen molar-refractivity contribution in [3.63, 3.8) is 0 Å². The minimum Gasteiger partial charge on any atom is -0.493 e. The van der Waals surface area contributed by atoms with E-state index in [4.69, 9.17) is 42.6 Å². The van der Waals surface area contributed by atoms with Crippen molar-refractivity contribution in [2.24, 2.45) is 0 Å². The third-order valence-electron chi connectivity index (χ3n) is 13.6. The van der Waals surface area contributed by atoms with Crippen LogP contribution in [0, 0.1) is 0 Å². The van der Waals surface area contributed by atoms with E-state index >= 15 is 0 Å². The van der Waals surface area contributed by atoms with Gasteiger partial charge in [-0.2, -0.15) is 0 Å². The minimum atomic E-state index is -0.886. The summed E-state index contributed by atoms with van der Waals surface area (Å²) in [4.78, 5) is 119. The Morgan fingerprint density at radius 3 is 1.58 bits per heavy atom. The molecule has 22 heteroatoms. The third kappa shape index (κ3) is 25.1. The normalized spacial score (nSPS) is 10.7. The lowest BCUT2D eigenvalue weighted by molar-refractivity contribution is -0.140. The van der Waals surface area contributed by atoms with E-state index in [1.54, 1.807) is 61.1 Å². The van der Waals surface area contributed by atoms with Crippen molar-refractivity contribution in [1.82, 2.24) is 0 Å². The van der Waals surface area contributed by atoms with Crippen molar-refractivity contribution in [3.05, 3.63) is 222 Å². The van der Waals surface area contributed by atoms with Gasteiger partial charge in [-0.25, -0.2) is 33.6 Å². The molecule has 6 rings (SSSR count). The highest BCUT2D eigenvalue weighted by Crippen LogP contribution is 2.31. The number of carbonyl (C=O) groups is 9. The number of ether oxygens (including phenoxy) is 9. The van der Waals surface area contributed by atoms with Gasteiger partial charge in [0.2, 0.25) is 5.12 Å². The maximum Gasteiger partial charge on any atom is 0.345 e. The molecule has 0 fully saturated rings. The van der Waals surface area contributed by atoms with Crippen molar-refractivity contribution in [3.8, 4) is 17.2 Å². The summed E-state index contributed by atoms with van der Waals surface area (Å²) in [5.41, 5.74) is 3.62. The van der Waals surface area contributed by atoms with Gasteiger partial charge in [0.1, 0.15) is 43.7 Å². The molecule has 96 heavy (non-hydrogen) atoms. The van der Waals surface area contributed by atoms with E-state index in [1.807, 2.05) is 36.4 Å². The standard InChI is InChI=1S/C74H76N2O18S2/c1-9-66(77)88-37-13-11-12-14-45-95-58-29-20-51(21-30-58)16-17-52-22-31-59(32-23-52)96-74(85)60-34-27-56(47-62(60)71(82)92-43-41-90-69(80)49(3)4)86-38-15-39-87-57-28-35-64(63(48-57)72(83)93-44-42-91-70(81)50(5)6)75-68(79)54-24-33-61(65(46-54)76(7)8)73(84)94-55-25-18-53(19-26-55)36-40-89-67(78)10-2/h9-10,16-35,46-48H,1-3,5,11-15,36-45H2,4,6-8H3,(H,75,79)/b17-16+. The van der Waals surface area contributed by atoms with Crippen LogP contribution in [-0.2, 0) is 54.0 Å². The number of rotatable bonds is 38.